The summed E-state index contributed by atoms with van der Waals surface area (Å²) in [6.45, 7) is 3.57. The van der Waals surface area contributed by atoms with Gasteiger partial charge in [0.25, 0.3) is 0 Å². The van der Waals surface area contributed by atoms with Gasteiger partial charge in [0.1, 0.15) is 5.75 Å². The van der Waals surface area contributed by atoms with Gasteiger partial charge in [-0.15, -0.1) is 0 Å². The average molecular weight is 319 g/mol. The number of ether oxygens (including phenoxy) is 2. The minimum absolute atomic E-state index is 0.0966. The van der Waals surface area contributed by atoms with Crippen LogP contribution in [-0.2, 0) is 14.3 Å². The zero-order valence-electron chi connectivity index (χ0n) is 13.1. The van der Waals surface area contributed by atoms with Crippen molar-refractivity contribution in [3.8, 4) is 5.75 Å². The lowest BCUT2D eigenvalue weighted by Crippen LogP contribution is -2.45. The Bertz CT molecular complexity index is 584. The van der Waals surface area contributed by atoms with E-state index in [0.29, 0.717) is 26.3 Å². The second-order valence-corrected chi connectivity index (χ2v) is 5.18. The van der Waals surface area contributed by atoms with Gasteiger partial charge in [0.05, 0.1) is 25.7 Å². The van der Waals surface area contributed by atoms with Crippen molar-refractivity contribution in [3.63, 3.8) is 0 Å². The summed E-state index contributed by atoms with van der Waals surface area (Å²) in [5.41, 5.74) is 0.832. The van der Waals surface area contributed by atoms with Crippen LogP contribution in [0.2, 0.25) is 0 Å². The fourth-order valence-corrected chi connectivity index (χ4v) is 2.41. The van der Waals surface area contributed by atoms with Crippen molar-refractivity contribution in [2.24, 2.45) is 0 Å². The Hall–Kier alpha value is -2.34. The van der Waals surface area contributed by atoms with E-state index in [1.165, 1.54) is 6.08 Å². The third kappa shape index (κ3) is 5.10. The molecule has 1 aliphatic heterocycles. The summed E-state index contributed by atoms with van der Waals surface area (Å²) >= 11 is 0. The van der Waals surface area contributed by atoms with Crippen LogP contribution >= 0.6 is 0 Å². The minimum atomic E-state index is -0.925. The van der Waals surface area contributed by atoms with E-state index < -0.39 is 12.1 Å². The molecule has 1 aromatic carbocycles. The topological polar surface area (TPSA) is 76.1 Å². The number of morpholine rings is 1. The van der Waals surface area contributed by atoms with Crippen LogP contribution in [0.25, 0.3) is 6.08 Å². The van der Waals surface area contributed by atoms with Crippen molar-refractivity contribution in [1.29, 1.82) is 0 Å². The first-order chi connectivity index (χ1) is 11.1. The molecular formula is C17H21NO5. The smallest absolute Gasteiger partial charge is 0.306 e. The van der Waals surface area contributed by atoms with E-state index in [-0.39, 0.29) is 12.3 Å². The van der Waals surface area contributed by atoms with Crippen molar-refractivity contribution in [3.05, 3.63) is 35.9 Å². The highest BCUT2D eigenvalue weighted by Gasteiger charge is 2.24. The maximum atomic E-state index is 12.3. The summed E-state index contributed by atoms with van der Waals surface area (Å²) in [6.07, 6.45) is 2.66. The summed E-state index contributed by atoms with van der Waals surface area (Å²) in [5, 5.41) is 8.81. The molecule has 23 heavy (non-hydrogen) atoms. The third-order valence-electron chi connectivity index (χ3n) is 3.48. The molecule has 1 atom stereocenters. The van der Waals surface area contributed by atoms with Crippen LogP contribution in [0.5, 0.6) is 5.75 Å². The van der Waals surface area contributed by atoms with Crippen LogP contribution in [0.15, 0.2) is 30.3 Å². The van der Waals surface area contributed by atoms with E-state index >= 15 is 0 Å². The molecule has 0 bridgehead atoms. The first-order valence-corrected chi connectivity index (χ1v) is 7.62. The van der Waals surface area contributed by atoms with Crippen molar-refractivity contribution < 1.29 is 24.2 Å². The van der Waals surface area contributed by atoms with Crippen LogP contribution < -0.4 is 4.74 Å². The maximum absolute atomic E-state index is 12.3. The molecule has 1 unspecified atom stereocenters. The first kappa shape index (κ1) is 17.0. The SMILES string of the molecule is CCOc1ccccc1/C=C/C(=O)N1CCOC(CC(=O)O)C1. The predicted molar refractivity (Wildman–Crippen MR) is 85.2 cm³/mol. The number of amides is 1. The zero-order chi connectivity index (χ0) is 16.7. The normalized spacial score (nSPS) is 18.1. The number of hydrogen-bond donors (Lipinski definition) is 1. The molecule has 124 valence electrons. The molecule has 0 saturated carbocycles. The quantitative estimate of drug-likeness (QED) is 0.809. The fraction of sp³-hybridized carbons (Fsp3) is 0.412. The first-order valence-electron chi connectivity index (χ1n) is 7.62. The highest BCUT2D eigenvalue weighted by Crippen LogP contribution is 2.19. The van der Waals surface area contributed by atoms with E-state index in [4.69, 9.17) is 14.6 Å². The van der Waals surface area contributed by atoms with Gasteiger partial charge >= 0.3 is 5.97 Å². The average Bonchev–Trinajstić information content (AvgIpc) is 2.53. The van der Waals surface area contributed by atoms with Gasteiger partial charge in [-0.25, -0.2) is 0 Å². The van der Waals surface area contributed by atoms with E-state index in [1.807, 2.05) is 31.2 Å². The summed E-state index contributed by atoms with van der Waals surface area (Å²) in [4.78, 5) is 24.6. The number of aliphatic carboxylic acids is 1. The number of carbonyl (C=O) groups excluding carboxylic acids is 1. The standard InChI is InChI=1S/C17H21NO5/c1-2-22-15-6-4-3-5-13(15)7-8-16(19)18-9-10-23-14(12-18)11-17(20)21/h3-8,14H,2,9-12H2,1H3,(H,20,21)/b8-7+. The van der Waals surface area contributed by atoms with Gasteiger partial charge in [-0.1, -0.05) is 18.2 Å². The van der Waals surface area contributed by atoms with E-state index in [9.17, 15) is 9.59 Å². The molecule has 0 radical (unpaired) electrons. The Kier molecular flexibility index (Phi) is 6.17. The Balaban J connectivity index is 1.99. The largest absolute Gasteiger partial charge is 0.493 e. The second kappa shape index (κ2) is 8.33. The van der Waals surface area contributed by atoms with Crippen LogP contribution in [0.4, 0.5) is 0 Å². The van der Waals surface area contributed by atoms with Gasteiger partial charge in [-0.2, -0.15) is 0 Å². The molecule has 1 saturated heterocycles. The van der Waals surface area contributed by atoms with Gasteiger partial charge in [0.15, 0.2) is 0 Å². The van der Waals surface area contributed by atoms with Crippen LogP contribution in [0, 0.1) is 0 Å². The van der Waals surface area contributed by atoms with Crippen molar-refractivity contribution in [2.45, 2.75) is 19.4 Å². The molecule has 6 nitrogen and oxygen atoms in total. The molecule has 0 aromatic heterocycles. The Morgan fingerprint density at radius 2 is 2.22 bits per heavy atom. The van der Waals surface area contributed by atoms with E-state index in [1.54, 1.807) is 11.0 Å². The molecule has 1 aliphatic rings. The van der Waals surface area contributed by atoms with Crippen molar-refractivity contribution >= 4 is 18.0 Å². The molecule has 1 heterocycles. The summed E-state index contributed by atoms with van der Waals surface area (Å²) in [5.74, 6) is -0.356. The van der Waals surface area contributed by atoms with Gasteiger partial charge < -0.3 is 19.5 Å². The van der Waals surface area contributed by atoms with Crippen LogP contribution in [-0.4, -0.2) is 54.3 Å². The van der Waals surface area contributed by atoms with Gasteiger partial charge in [-0.05, 0) is 19.1 Å². The molecule has 1 aromatic rings. The predicted octanol–water partition coefficient (Wildman–Crippen LogP) is 1.80. The summed E-state index contributed by atoms with van der Waals surface area (Å²) < 4.78 is 10.9. The Morgan fingerprint density at radius 3 is 2.96 bits per heavy atom. The molecule has 0 spiro atoms. The van der Waals surface area contributed by atoms with Gasteiger partial charge in [-0.3, -0.25) is 9.59 Å². The molecule has 1 N–H and O–H groups in total. The summed E-state index contributed by atoms with van der Waals surface area (Å²) in [6, 6.07) is 7.49. The van der Waals surface area contributed by atoms with Crippen LogP contribution in [0.1, 0.15) is 18.9 Å². The van der Waals surface area contributed by atoms with Gasteiger partial charge in [0.2, 0.25) is 5.91 Å². The highest BCUT2D eigenvalue weighted by atomic mass is 16.5. The number of carboxylic acid groups (broad SMARTS) is 1. The number of carbonyl (C=O) groups is 2. The van der Waals surface area contributed by atoms with E-state index in [0.717, 1.165) is 11.3 Å². The third-order valence-corrected chi connectivity index (χ3v) is 3.48. The van der Waals surface area contributed by atoms with Crippen molar-refractivity contribution in [2.75, 3.05) is 26.3 Å². The number of hydrogen-bond acceptors (Lipinski definition) is 4. The van der Waals surface area contributed by atoms with Crippen molar-refractivity contribution in [1.82, 2.24) is 4.90 Å². The maximum Gasteiger partial charge on any atom is 0.306 e. The number of carboxylic acids is 1. The summed E-state index contributed by atoms with van der Waals surface area (Å²) in [7, 11) is 0. The van der Waals surface area contributed by atoms with Crippen LogP contribution in [0.3, 0.4) is 0 Å². The number of nitrogens with zero attached hydrogens (tertiary/aromatic N) is 1. The van der Waals surface area contributed by atoms with E-state index in [2.05, 4.69) is 0 Å². The molecule has 0 aliphatic carbocycles. The Labute approximate surface area is 135 Å². The van der Waals surface area contributed by atoms with Gasteiger partial charge in [0, 0.05) is 24.7 Å². The number of benzene rings is 1. The minimum Gasteiger partial charge on any atom is -0.493 e. The molecule has 2 rings (SSSR count). The molecular weight excluding hydrogens is 298 g/mol. The molecule has 6 heteroatoms. The lowest BCUT2D eigenvalue weighted by atomic mass is 10.1. The molecule has 1 amide bonds. The fourth-order valence-electron chi connectivity index (χ4n) is 2.41. The number of rotatable bonds is 6. The second-order valence-electron chi connectivity index (χ2n) is 5.18. The lowest BCUT2D eigenvalue weighted by molar-refractivity contribution is -0.145. The monoisotopic (exact) mass is 319 g/mol. The Morgan fingerprint density at radius 1 is 1.43 bits per heavy atom. The molecule has 1 fully saturated rings. The lowest BCUT2D eigenvalue weighted by Gasteiger charge is -2.31. The highest BCUT2D eigenvalue weighted by molar-refractivity contribution is 5.92. The number of para-hydroxylation sites is 1. The zero-order valence-corrected chi connectivity index (χ0v) is 13.1.